The largest absolute Gasteiger partial charge is 0.496 e. The van der Waals surface area contributed by atoms with Gasteiger partial charge in [0.25, 0.3) is 0 Å². The molecule has 0 aliphatic rings. The first-order chi connectivity index (χ1) is 13.2. The van der Waals surface area contributed by atoms with Gasteiger partial charge in [-0.25, -0.2) is 4.39 Å². The Kier molecular flexibility index (Phi) is 7.05. The molecular formula is C20H19Cl3F4O2. The van der Waals surface area contributed by atoms with Gasteiger partial charge in [0.05, 0.1) is 17.2 Å². The van der Waals surface area contributed by atoms with Gasteiger partial charge >= 0.3 is 6.18 Å². The topological polar surface area (TPSA) is 29.5 Å². The Hall–Kier alpha value is -1.21. The van der Waals surface area contributed by atoms with Crippen LogP contribution in [0.2, 0.25) is 15.1 Å². The molecule has 2 aromatic carbocycles. The second kappa shape index (κ2) is 8.50. The van der Waals surface area contributed by atoms with Crippen LogP contribution in [0.25, 0.3) is 0 Å². The van der Waals surface area contributed by atoms with Crippen LogP contribution in [0.3, 0.4) is 0 Å². The number of alkyl halides is 3. The third-order valence-corrected chi connectivity index (χ3v) is 5.76. The first kappa shape index (κ1) is 24.1. The number of hydrogen-bond acceptors (Lipinski definition) is 2. The Bertz CT molecular complexity index is 900. The van der Waals surface area contributed by atoms with E-state index >= 15 is 0 Å². The summed E-state index contributed by atoms with van der Waals surface area (Å²) in [6.07, 6.45) is -6.68. The maximum Gasteiger partial charge on any atom is 0.417 e. The van der Waals surface area contributed by atoms with Gasteiger partial charge < -0.3 is 9.84 Å². The summed E-state index contributed by atoms with van der Waals surface area (Å²) in [7, 11) is 1.33. The van der Waals surface area contributed by atoms with Gasteiger partial charge in [-0.2, -0.15) is 13.2 Å². The van der Waals surface area contributed by atoms with E-state index in [2.05, 4.69) is 0 Å². The number of halogens is 7. The molecule has 0 amide bonds. The molecule has 0 bridgehead atoms. The molecule has 2 rings (SSSR count). The number of benzene rings is 2. The number of aliphatic hydroxyl groups is 1. The van der Waals surface area contributed by atoms with Crippen molar-refractivity contribution < 1.29 is 27.4 Å². The molecule has 1 N–H and O–H groups in total. The Balaban J connectivity index is 2.52. The van der Waals surface area contributed by atoms with Gasteiger partial charge in [-0.15, -0.1) is 0 Å². The molecule has 2 aromatic rings. The molecule has 29 heavy (non-hydrogen) atoms. The summed E-state index contributed by atoms with van der Waals surface area (Å²) in [6.45, 7) is 2.93. The Morgan fingerprint density at radius 2 is 1.66 bits per heavy atom. The zero-order chi connectivity index (χ0) is 22.2. The van der Waals surface area contributed by atoms with Crippen molar-refractivity contribution in [3.05, 3.63) is 62.3 Å². The minimum Gasteiger partial charge on any atom is -0.496 e. The van der Waals surface area contributed by atoms with E-state index in [4.69, 9.17) is 39.5 Å². The van der Waals surface area contributed by atoms with Crippen molar-refractivity contribution in [2.24, 2.45) is 0 Å². The number of methoxy groups -OCH3 is 1. The van der Waals surface area contributed by atoms with Gasteiger partial charge in [0.1, 0.15) is 11.6 Å². The average molecular weight is 474 g/mol. The molecule has 1 atom stereocenters. The summed E-state index contributed by atoms with van der Waals surface area (Å²) in [4.78, 5) is 0. The molecule has 2 nitrogen and oxygen atoms in total. The lowest BCUT2D eigenvalue weighted by molar-refractivity contribution is -0.266. The molecule has 0 saturated heterocycles. The first-order valence-corrected chi connectivity index (χ1v) is 9.60. The van der Waals surface area contributed by atoms with Crippen LogP contribution in [-0.2, 0) is 11.8 Å². The van der Waals surface area contributed by atoms with Crippen LogP contribution in [0, 0.1) is 5.82 Å². The van der Waals surface area contributed by atoms with E-state index in [1.165, 1.54) is 39.2 Å². The van der Waals surface area contributed by atoms with Crippen molar-refractivity contribution in [3.63, 3.8) is 0 Å². The van der Waals surface area contributed by atoms with E-state index in [0.29, 0.717) is 0 Å². The molecular weight excluding hydrogens is 455 g/mol. The van der Waals surface area contributed by atoms with E-state index in [1.54, 1.807) is 0 Å². The van der Waals surface area contributed by atoms with E-state index in [9.17, 15) is 22.7 Å². The summed E-state index contributed by atoms with van der Waals surface area (Å²) in [5.74, 6) is -0.418. The van der Waals surface area contributed by atoms with E-state index in [0.717, 1.165) is 12.1 Å². The Morgan fingerprint density at radius 3 is 2.21 bits per heavy atom. The third-order valence-electron chi connectivity index (χ3n) is 4.70. The lowest BCUT2D eigenvalue weighted by Crippen LogP contribution is -2.51. The highest BCUT2D eigenvalue weighted by Gasteiger charge is 2.56. The van der Waals surface area contributed by atoms with Crippen LogP contribution in [0.4, 0.5) is 17.6 Å². The van der Waals surface area contributed by atoms with E-state index in [1.807, 2.05) is 0 Å². The summed E-state index contributed by atoms with van der Waals surface area (Å²) in [6, 6.07) is 6.08. The zero-order valence-corrected chi connectivity index (χ0v) is 18.1. The Morgan fingerprint density at radius 1 is 1.03 bits per heavy atom. The monoisotopic (exact) mass is 472 g/mol. The highest BCUT2D eigenvalue weighted by molar-refractivity contribution is 6.43. The number of ether oxygens (including phenoxy) is 1. The molecule has 160 valence electrons. The molecule has 0 radical (unpaired) electrons. The number of rotatable bonds is 6. The molecule has 9 heteroatoms. The predicted octanol–water partition coefficient (Wildman–Crippen LogP) is 7.00. The smallest absolute Gasteiger partial charge is 0.417 e. The molecule has 0 aromatic heterocycles. The van der Waals surface area contributed by atoms with Gasteiger partial charge in [0, 0.05) is 17.0 Å². The zero-order valence-electron chi connectivity index (χ0n) is 15.8. The lowest BCUT2D eigenvalue weighted by atomic mass is 9.72. The van der Waals surface area contributed by atoms with Crippen LogP contribution in [-0.4, -0.2) is 24.0 Å². The standard InChI is InChI=1S/C20H19Cl3F4O2/c1-18(2,14-8-13(24)4-5-16(14)29-3)10-19(28,20(25,26)27)9-11-6-12(21)7-15(22)17(11)23/h4-8,28H,9-10H2,1-3H3. The molecule has 0 heterocycles. The average Bonchev–Trinajstić information content (AvgIpc) is 2.57. The van der Waals surface area contributed by atoms with Gasteiger partial charge in [-0.05, 0) is 47.7 Å². The van der Waals surface area contributed by atoms with E-state index in [-0.39, 0.29) is 31.9 Å². The molecule has 0 saturated carbocycles. The fourth-order valence-corrected chi connectivity index (χ4v) is 4.06. The van der Waals surface area contributed by atoms with Crippen molar-refractivity contribution in [2.75, 3.05) is 7.11 Å². The van der Waals surface area contributed by atoms with Crippen molar-refractivity contribution in [2.45, 2.75) is 43.9 Å². The Labute approximate surface area is 181 Å². The molecule has 0 aliphatic carbocycles. The molecule has 0 spiro atoms. The first-order valence-electron chi connectivity index (χ1n) is 8.47. The second-order valence-corrected chi connectivity index (χ2v) is 8.69. The highest BCUT2D eigenvalue weighted by atomic mass is 35.5. The molecule has 0 aliphatic heterocycles. The van der Waals surface area contributed by atoms with Crippen LogP contribution < -0.4 is 4.74 Å². The van der Waals surface area contributed by atoms with Gasteiger partial charge in [-0.1, -0.05) is 48.7 Å². The van der Waals surface area contributed by atoms with Crippen molar-refractivity contribution >= 4 is 34.8 Å². The summed E-state index contributed by atoms with van der Waals surface area (Å²) < 4.78 is 60.9. The maximum atomic E-state index is 14.0. The number of hydrogen-bond donors (Lipinski definition) is 1. The van der Waals surface area contributed by atoms with Crippen molar-refractivity contribution in [1.29, 1.82) is 0 Å². The quantitative estimate of drug-likeness (QED) is 0.362. The maximum absolute atomic E-state index is 14.0. The SMILES string of the molecule is COc1ccc(F)cc1C(C)(C)CC(O)(Cc1cc(Cl)cc(Cl)c1Cl)C(F)(F)F. The fraction of sp³-hybridized carbons (Fsp3) is 0.400. The van der Waals surface area contributed by atoms with Crippen LogP contribution in [0.1, 0.15) is 31.4 Å². The fourth-order valence-electron chi connectivity index (χ4n) is 3.35. The van der Waals surface area contributed by atoms with Crippen LogP contribution in [0.15, 0.2) is 30.3 Å². The molecule has 0 fully saturated rings. The minimum absolute atomic E-state index is 0.0234. The van der Waals surface area contributed by atoms with Crippen LogP contribution >= 0.6 is 34.8 Å². The lowest BCUT2D eigenvalue weighted by Gasteiger charge is -2.38. The third kappa shape index (κ3) is 5.29. The minimum atomic E-state index is -5.01. The highest BCUT2D eigenvalue weighted by Crippen LogP contribution is 2.46. The predicted molar refractivity (Wildman–Crippen MR) is 107 cm³/mol. The van der Waals surface area contributed by atoms with E-state index < -0.39 is 35.9 Å². The summed E-state index contributed by atoms with van der Waals surface area (Å²) in [5.41, 5.74) is -4.36. The summed E-state index contributed by atoms with van der Waals surface area (Å²) in [5, 5.41) is 10.7. The normalized spacial score (nSPS) is 14.6. The van der Waals surface area contributed by atoms with Crippen molar-refractivity contribution in [3.8, 4) is 5.75 Å². The molecule has 1 unspecified atom stereocenters. The second-order valence-electron chi connectivity index (χ2n) is 7.47. The van der Waals surface area contributed by atoms with Crippen LogP contribution in [0.5, 0.6) is 5.75 Å². The van der Waals surface area contributed by atoms with Gasteiger partial charge in [0.2, 0.25) is 0 Å². The van der Waals surface area contributed by atoms with Crippen molar-refractivity contribution in [1.82, 2.24) is 0 Å². The van der Waals surface area contributed by atoms with Gasteiger partial charge in [0.15, 0.2) is 5.60 Å². The summed E-state index contributed by atoms with van der Waals surface area (Å²) >= 11 is 17.8. The van der Waals surface area contributed by atoms with Gasteiger partial charge in [-0.3, -0.25) is 0 Å².